The number of carbonyl (C=O) groups is 2. The maximum absolute atomic E-state index is 14.0. The van der Waals surface area contributed by atoms with Gasteiger partial charge in [-0.25, -0.2) is 9.18 Å². The van der Waals surface area contributed by atoms with Crippen LogP contribution in [-0.2, 0) is 16.0 Å². The summed E-state index contributed by atoms with van der Waals surface area (Å²) in [5.41, 5.74) is 2.53. The monoisotopic (exact) mass is 506 g/mol. The van der Waals surface area contributed by atoms with Crippen LogP contribution in [0.4, 0.5) is 14.9 Å². The van der Waals surface area contributed by atoms with Gasteiger partial charge in [-0.1, -0.05) is 47.3 Å². The highest BCUT2D eigenvalue weighted by Gasteiger charge is 2.21. The van der Waals surface area contributed by atoms with Gasteiger partial charge in [0.2, 0.25) is 0 Å². The first-order valence-corrected chi connectivity index (χ1v) is 11.9. The summed E-state index contributed by atoms with van der Waals surface area (Å²) < 4.78 is 24.8. The highest BCUT2D eigenvalue weighted by atomic mass is 32.2. The molecule has 4 rings (SSSR count). The number of carboxylic acid groups (broad SMARTS) is 1. The van der Waals surface area contributed by atoms with Gasteiger partial charge in [-0.15, -0.1) is 0 Å². The number of nitrogens with zero attached hydrogens (tertiary/aromatic N) is 1. The summed E-state index contributed by atoms with van der Waals surface area (Å²) in [6.45, 7) is 3.28. The van der Waals surface area contributed by atoms with Gasteiger partial charge in [0.1, 0.15) is 23.3 Å². The molecule has 1 aromatic heterocycles. The van der Waals surface area contributed by atoms with E-state index in [-0.39, 0.29) is 12.0 Å². The second-order valence-electron chi connectivity index (χ2n) is 8.01. The van der Waals surface area contributed by atoms with Crippen LogP contribution in [0, 0.1) is 12.7 Å². The van der Waals surface area contributed by atoms with Crippen molar-refractivity contribution >= 4 is 29.5 Å². The van der Waals surface area contributed by atoms with Crippen molar-refractivity contribution in [1.82, 2.24) is 5.16 Å². The smallest absolute Gasteiger partial charge is 0.412 e. The Labute approximate surface area is 211 Å². The first kappa shape index (κ1) is 25.0. The maximum Gasteiger partial charge on any atom is 0.412 e. The van der Waals surface area contributed by atoms with Gasteiger partial charge in [-0.2, -0.15) is 0 Å². The first-order chi connectivity index (χ1) is 17.3. The third kappa shape index (κ3) is 6.11. The molecule has 0 unspecified atom stereocenters. The Kier molecular flexibility index (Phi) is 7.70. The van der Waals surface area contributed by atoms with Crippen molar-refractivity contribution in [2.75, 3.05) is 5.32 Å². The van der Waals surface area contributed by atoms with Crippen LogP contribution in [0.5, 0.6) is 0 Å². The zero-order chi connectivity index (χ0) is 25.7. The predicted molar refractivity (Wildman–Crippen MR) is 133 cm³/mol. The van der Waals surface area contributed by atoms with Crippen LogP contribution in [0.2, 0.25) is 0 Å². The lowest BCUT2D eigenvalue weighted by Crippen LogP contribution is -2.17. The summed E-state index contributed by atoms with van der Waals surface area (Å²) in [5.74, 6) is -0.965. The van der Waals surface area contributed by atoms with Crippen molar-refractivity contribution < 1.29 is 28.3 Å². The van der Waals surface area contributed by atoms with Crippen molar-refractivity contribution in [3.05, 3.63) is 95.4 Å². The minimum Gasteiger partial charge on any atom is -0.481 e. The highest BCUT2D eigenvalue weighted by Crippen LogP contribution is 2.34. The van der Waals surface area contributed by atoms with Gasteiger partial charge in [-0.05, 0) is 61.9 Å². The lowest BCUT2D eigenvalue weighted by atomic mass is 10.1. The summed E-state index contributed by atoms with van der Waals surface area (Å²) in [6, 6.07) is 20.9. The summed E-state index contributed by atoms with van der Waals surface area (Å²) in [7, 11) is 0. The highest BCUT2D eigenvalue weighted by molar-refractivity contribution is 7.99. The van der Waals surface area contributed by atoms with Crippen LogP contribution in [0.15, 0.2) is 87.1 Å². The fourth-order valence-electron chi connectivity index (χ4n) is 3.58. The molecule has 3 aromatic carbocycles. The molecule has 0 spiro atoms. The molecule has 4 aromatic rings. The van der Waals surface area contributed by atoms with Crippen LogP contribution in [0.3, 0.4) is 0 Å². The molecular weight excluding hydrogens is 483 g/mol. The fourth-order valence-corrected chi connectivity index (χ4v) is 4.48. The predicted octanol–water partition coefficient (Wildman–Crippen LogP) is 6.88. The molecule has 1 atom stereocenters. The zero-order valence-corrected chi connectivity index (χ0v) is 20.3. The number of halogens is 1. The number of rotatable bonds is 8. The molecule has 0 aliphatic carbocycles. The number of ether oxygens (including phenoxy) is 1. The van der Waals surface area contributed by atoms with Crippen molar-refractivity contribution in [2.45, 2.75) is 36.2 Å². The Bertz CT molecular complexity index is 1390. The van der Waals surface area contributed by atoms with Gasteiger partial charge >= 0.3 is 12.1 Å². The molecule has 0 saturated carbocycles. The lowest BCUT2D eigenvalue weighted by Gasteiger charge is -2.15. The Morgan fingerprint density at radius 1 is 1.08 bits per heavy atom. The van der Waals surface area contributed by atoms with E-state index in [9.17, 15) is 14.0 Å². The number of carbonyl (C=O) groups excluding carboxylic acids is 1. The van der Waals surface area contributed by atoms with Gasteiger partial charge in [0.25, 0.3) is 0 Å². The van der Waals surface area contributed by atoms with Crippen molar-refractivity contribution in [3.8, 4) is 11.3 Å². The Hall–Kier alpha value is -4.11. The summed E-state index contributed by atoms with van der Waals surface area (Å²) >= 11 is 1.50. The fraction of sp³-hybridized carbons (Fsp3) is 0.148. The third-order valence-electron chi connectivity index (χ3n) is 5.32. The van der Waals surface area contributed by atoms with E-state index >= 15 is 0 Å². The number of benzene rings is 3. The van der Waals surface area contributed by atoms with Gasteiger partial charge < -0.3 is 14.4 Å². The van der Waals surface area contributed by atoms with Crippen molar-refractivity contribution in [3.63, 3.8) is 0 Å². The molecular formula is C27H23FN2O5S. The number of carboxylic acids is 1. The molecule has 184 valence electrons. The van der Waals surface area contributed by atoms with Crippen LogP contribution in [0.1, 0.15) is 29.8 Å². The third-order valence-corrected chi connectivity index (χ3v) is 6.32. The second kappa shape index (κ2) is 11.1. The Morgan fingerprint density at radius 3 is 2.56 bits per heavy atom. The molecule has 0 fully saturated rings. The number of amides is 1. The number of aryl methyl sites for hydroxylation is 1. The molecule has 0 aliphatic heterocycles. The molecule has 9 heteroatoms. The van der Waals surface area contributed by atoms with E-state index in [1.54, 1.807) is 38.1 Å². The van der Waals surface area contributed by atoms with E-state index < -0.39 is 24.0 Å². The van der Waals surface area contributed by atoms with Crippen LogP contribution in [-0.4, -0.2) is 22.3 Å². The number of aliphatic carboxylic acids is 1. The standard InChI is InChI=1S/C27H23FN2O5S/c1-16-25(29-27(33)34-17(2)22-8-3-4-9-23(22)28)26(35-30-16)19-10-12-20(13-11-19)36-21-7-5-6-18(14-21)15-24(31)32/h3-14,17H,15H2,1-2H3,(H,29,33)(H,31,32)/t17-/m1/s1. The molecule has 0 bridgehead atoms. The Morgan fingerprint density at radius 2 is 1.83 bits per heavy atom. The van der Waals surface area contributed by atoms with E-state index in [0.29, 0.717) is 22.7 Å². The first-order valence-electron chi connectivity index (χ1n) is 11.1. The molecule has 7 nitrogen and oxygen atoms in total. The van der Waals surface area contributed by atoms with E-state index in [4.69, 9.17) is 14.4 Å². The molecule has 0 aliphatic rings. The molecule has 2 N–H and O–H groups in total. The minimum absolute atomic E-state index is 0.0323. The number of hydrogen-bond donors (Lipinski definition) is 2. The summed E-state index contributed by atoms with van der Waals surface area (Å²) in [6.07, 6.45) is -1.58. The summed E-state index contributed by atoms with van der Waals surface area (Å²) in [4.78, 5) is 25.4. The number of nitrogens with one attached hydrogen (secondary N) is 1. The van der Waals surface area contributed by atoms with Crippen LogP contribution < -0.4 is 5.32 Å². The van der Waals surface area contributed by atoms with E-state index in [2.05, 4.69) is 10.5 Å². The normalized spacial score (nSPS) is 11.6. The number of hydrogen-bond acceptors (Lipinski definition) is 6. The van der Waals surface area contributed by atoms with Crippen molar-refractivity contribution in [1.29, 1.82) is 0 Å². The Balaban J connectivity index is 1.45. The van der Waals surface area contributed by atoms with E-state index in [1.807, 2.05) is 42.5 Å². The van der Waals surface area contributed by atoms with E-state index in [1.165, 1.54) is 17.8 Å². The summed E-state index contributed by atoms with van der Waals surface area (Å²) in [5, 5.41) is 15.6. The molecule has 0 saturated heterocycles. The van der Waals surface area contributed by atoms with Crippen molar-refractivity contribution in [2.24, 2.45) is 0 Å². The number of aromatic nitrogens is 1. The quantitative estimate of drug-likeness (QED) is 0.269. The SMILES string of the molecule is Cc1noc(-c2ccc(Sc3cccc(CC(=O)O)c3)cc2)c1NC(=O)O[C@H](C)c1ccccc1F. The van der Waals surface area contributed by atoms with Crippen LogP contribution in [0.25, 0.3) is 11.3 Å². The number of anilines is 1. The molecule has 0 radical (unpaired) electrons. The molecule has 1 amide bonds. The van der Waals surface area contributed by atoms with E-state index in [0.717, 1.165) is 15.4 Å². The maximum atomic E-state index is 14.0. The minimum atomic E-state index is -0.876. The molecule has 36 heavy (non-hydrogen) atoms. The largest absolute Gasteiger partial charge is 0.481 e. The van der Waals surface area contributed by atoms with Gasteiger partial charge in [-0.3, -0.25) is 10.1 Å². The second-order valence-corrected chi connectivity index (χ2v) is 9.16. The van der Waals surface area contributed by atoms with Gasteiger partial charge in [0.15, 0.2) is 5.76 Å². The lowest BCUT2D eigenvalue weighted by molar-refractivity contribution is -0.136. The zero-order valence-electron chi connectivity index (χ0n) is 19.5. The molecule has 1 heterocycles. The van der Waals surface area contributed by atoms with Crippen LogP contribution >= 0.6 is 11.8 Å². The van der Waals surface area contributed by atoms with Gasteiger partial charge in [0, 0.05) is 20.9 Å². The topological polar surface area (TPSA) is 102 Å². The average molecular weight is 507 g/mol. The van der Waals surface area contributed by atoms with Gasteiger partial charge in [0.05, 0.1) is 6.42 Å². The average Bonchev–Trinajstić information content (AvgIpc) is 3.19.